The summed E-state index contributed by atoms with van der Waals surface area (Å²) in [6.07, 6.45) is 8.22. The third-order valence-corrected chi connectivity index (χ3v) is 3.49. The first-order chi connectivity index (χ1) is 9.42. The van der Waals surface area contributed by atoms with E-state index in [1.54, 1.807) is 12.4 Å². The molecule has 1 N–H and O–H groups in total. The van der Waals surface area contributed by atoms with Gasteiger partial charge in [0.05, 0.1) is 6.61 Å². The Bertz CT molecular complexity index is 482. The molecule has 0 aromatic carbocycles. The quantitative estimate of drug-likeness (QED) is 0.836. The zero-order valence-electron chi connectivity index (χ0n) is 11.1. The fourth-order valence-corrected chi connectivity index (χ4v) is 2.18. The van der Waals surface area contributed by atoms with E-state index < -0.39 is 0 Å². The second kappa shape index (κ2) is 6.03. The molecule has 0 radical (unpaired) electrons. The number of hydrogen-bond acceptors (Lipinski definition) is 4. The van der Waals surface area contributed by atoms with Gasteiger partial charge in [-0.05, 0) is 38.1 Å². The number of nitrogens with one attached hydrogen (secondary N) is 1. The number of hydrogen-bond donors (Lipinski definition) is 1. The summed E-state index contributed by atoms with van der Waals surface area (Å²) in [7, 11) is 0. The molecule has 1 saturated carbocycles. The number of aromatic nitrogens is 2. The number of ether oxygens (including phenoxy) is 1. The van der Waals surface area contributed by atoms with Crippen molar-refractivity contribution in [3.63, 3.8) is 0 Å². The first kappa shape index (κ1) is 12.4. The lowest BCUT2D eigenvalue weighted by Gasteiger charge is -2.22. The molecule has 0 bridgehead atoms. The van der Waals surface area contributed by atoms with Crippen molar-refractivity contribution >= 4 is 0 Å². The van der Waals surface area contributed by atoms with Crippen molar-refractivity contribution < 1.29 is 4.74 Å². The summed E-state index contributed by atoms with van der Waals surface area (Å²) in [5.41, 5.74) is 0.679. The third kappa shape index (κ3) is 3.68. The van der Waals surface area contributed by atoms with Crippen LogP contribution in [0.2, 0.25) is 0 Å². The second-order valence-corrected chi connectivity index (χ2v) is 5.28. The lowest BCUT2D eigenvalue weighted by atomic mass is 10.0. The van der Waals surface area contributed by atoms with Crippen LogP contribution in [0.4, 0.5) is 0 Å². The smallest absolute Gasteiger partial charge is 0.248 e. The summed E-state index contributed by atoms with van der Waals surface area (Å²) in [6, 6.07) is 0. The van der Waals surface area contributed by atoms with Crippen LogP contribution in [0.1, 0.15) is 31.4 Å². The van der Waals surface area contributed by atoms with Gasteiger partial charge in [0.25, 0.3) is 0 Å². The average molecular weight is 257 g/mol. The highest BCUT2D eigenvalue weighted by atomic mass is 16.5. The molecule has 1 aliphatic heterocycles. The molecule has 100 valence electrons. The van der Waals surface area contributed by atoms with Crippen LogP contribution in [-0.4, -0.2) is 29.7 Å². The van der Waals surface area contributed by atoms with E-state index in [1.807, 2.05) is 0 Å². The van der Waals surface area contributed by atoms with Gasteiger partial charge in [0.15, 0.2) is 5.69 Å². The molecule has 0 spiro atoms. The Labute approximate surface area is 114 Å². The minimum absolute atomic E-state index is 0.567. The van der Waals surface area contributed by atoms with Gasteiger partial charge in [-0.3, -0.25) is 0 Å². The van der Waals surface area contributed by atoms with Crippen molar-refractivity contribution in [2.45, 2.75) is 25.7 Å². The molecule has 2 aliphatic rings. The molecule has 2 heterocycles. The molecule has 1 aromatic heterocycles. The van der Waals surface area contributed by atoms with Crippen LogP contribution < -0.4 is 10.1 Å². The largest absolute Gasteiger partial charge is 0.475 e. The van der Waals surface area contributed by atoms with Crippen molar-refractivity contribution in [1.82, 2.24) is 15.3 Å². The molecular formula is C15H19N3O. The zero-order chi connectivity index (χ0) is 12.9. The van der Waals surface area contributed by atoms with Gasteiger partial charge in [-0.15, -0.1) is 0 Å². The lowest BCUT2D eigenvalue weighted by molar-refractivity contribution is 0.211. The summed E-state index contributed by atoms with van der Waals surface area (Å²) in [6.45, 7) is 2.85. The predicted molar refractivity (Wildman–Crippen MR) is 72.7 cm³/mol. The van der Waals surface area contributed by atoms with Gasteiger partial charge < -0.3 is 10.1 Å². The summed E-state index contributed by atoms with van der Waals surface area (Å²) >= 11 is 0. The van der Waals surface area contributed by atoms with Crippen LogP contribution in [-0.2, 0) is 0 Å². The van der Waals surface area contributed by atoms with Crippen LogP contribution in [0, 0.1) is 23.7 Å². The minimum Gasteiger partial charge on any atom is -0.475 e. The highest BCUT2D eigenvalue weighted by Gasteiger charge is 2.18. The molecule has 1 saturated heterocycles. The van der Waals surface area contributed by atoms with Gasteiger partial charge in [-0.1, -0.05) is 5.92 Å². The van der Waals surface area contributed by atoms with Crippen LogP contribution in [0.25, 0.3) is 0 Å². The topological polar surface area (TPSA) is 47.0 Å². The monoisotopic (exact) mass is 257 g/mol. The van der Waals surface area contributed by atoms with Gasteiger partial charge in [0.1, 0.15) is 0 Å². The minimum atomic E-state index is 0.567. The Morgan fingerprint density at radius 2 is 2.16 bits per heavy atom. The normalized spacial score (nSPS) is 22.4. The maximum atomic E-state index is 5.81. The highest BCUT2D eigenvalue weighted by molar-refractivity contribution is 5.36. The van der Waals surface area contributed by atoms with E-state index in [9.17, 15) is 0 Å². The van der Waals surface area contributed by atoms with Crippen molar-refractivity contribution in [1.29, 1.82) is 0 Å². The fourth-order valence-electron chi connectivity index (χ4n) is 2.18. The van der Waals surface area contributed by atoms with Crippen LogP contribution >= 0.6 is 0 Å². The lowest BCUT2D eigenvalue weighted by Crippen LogP contribution is -2.33. The molecule has 1 aromatic rings. The van der Waals surface area contributed by atoms with Gasteiger partial charge >= 0.3 is 0 Å². The van der Waals surface area contributed by atoms with Crippen molar-refractivity contribution in [2.75, 3.05) is 19.7 Å². The molecule has 1 aliphatic carbocycles. The van der Waals surface area contributed by atoms with E-state index in [0.717, 1.165) is 13.1 Å². The maximum Gasteiger partial charge on any atom is 0.248 e. The standard InChI is InChI=1S/C15H19N3O/c1-2-13(10-16-7-1)11-19-15-14(17-8-9-18-15)6-5-12-3-4-12/h8-9,12-13,16H,1-4,7,10-11H2. The summed E-state index contributed by atoms with van der Waals surface area (Å²) in [4.78, 5) is 8.52. The summed E-state index contributed by atoms with van der Waals surface area (Å²) < 4.78 is 5.81. The van der Waals surface area contributed by atoms with Crippen LogP contribution in [0.15, 0.2) is 12.4 Å². The van der Waals surface area contributed by atoms with Gasteiger partial charge in [-0.2, -0.15) is 0 Å². The van der Waals surface area contributed by atoms with E-state index in [2.05, 4.69) is 27.1 Å². The number of piperidine rings is 1. The summed E-state index contributed by atoms with van der Waals surface area (Å²) in [5, 5.41) is 3.39. The SMILES string of the molecule is C(#CC1CC1)c1nccnc1OCC1CCCNC1. The average Bonchev–Trinajstić information content (AvgIpc) is 3.29. The van der Waals surface area contributed by atoms with Gasteiger partial charge in [0.2, 0.25) is 5.88 Å². The van der Waals surface area contributed by atoms with E-state index >= 15 is 0 Å². The molecule has 1 atom stereocenters. The highest BCUT2D eigenvalue weighted by Crippen LogP contribution is 2.27. The molecule has 4 nitrogen and oxygen atoms in total. The summed E-state index contributed by atoms with van der Waals surface area (Å²) in [5.74, 6) is 8.03. The molecule has 2 fully saturated rings. The van der Waals surface area contributed by atoms with Crippen molar-refractivity contribution in [3.8, 4) is 17.7 Å². The Morgan fingerprint density at radius 1 is 1.26 bits per heavy atom. The molecule has 0 amide bonds. The zero-order valence-corrected chi connectivity index (χ0v) is 11.1. The Morgan fingerprint density at radius 3 is 2.95 bits per heavy atom. The molecular weight excluding hydrogens is 238 g/mol. The second-order valence-electron chi connectivity index (χ2n) is 5.28. The van der Waals surface area contributed by atoms with Crippen molar-refractivity contribution in [2.24, 2.45) is 11.8 Å². The molecule has 3 rings (SSSR count). The first-order valence-electron chi connectivity index (χ1n) is 7.08. The van der Waals surface area contributed by atoms with E-state index in [1.165, 1.54) is 25.7 Å². The van der Waals surface area contributed by atoms with Gasteiger partial charge in [0, 0.05) is 30.8 Å². The number of rotatable bonds is 3. The Balaban J connectivity index is 1.61. The van der Waals surface area contributed by atoms with Crippen molar-refractivity contribution in [3.05, 3.63) is 18.1 Å². The molecule has 4 heteroatoms. The predicted octanol–water partition coefficient (Wildman–Crippen LogP) is 1.62. The third-order valence-electron chi connectivity index (χ3n) is 3.49. The first-order valence-corrected chi connectivity index (χ1v) is 7.08. The van der Waals surface area contributed by atoms with E-state index in [0.29, 0.717) is 30.0 Å². The van der Waals surface area contributed by atoms with Crippen LogP contribution in [0.5, 0.6) is 5.88 Å². The van der Waals surface area contributed by atoms with Gasteiger partial charge in [-0.25, -0.2) is 9.97 Å². The van der Waals surface area contributed by atoms with E-state index in [4.69, 9.17) is 4.74 Å². The molecule has 19 heavy (non-hydrogen) atoms. The van der Waals surface area contributed by atoms with Crippen LogP contribution in [0.3, 0.4) is 0 Å². The maximum absolute atomic E-state index is 5.81. The number of nitrogens with zero attached hydrogens (tertiary/aromatic N) is 2. The fraction of sp³-hybridized carbons (Fsp3) is 0.600. The van der Waals surface area contributed by atoms with E-state index in [-0.39, 0.29) is 0 Å². The molecule has 1 unspecified atom stereocenters. The Kier molecular flexibility index (Phi) is 3.95. The Hall–Kier alpha value is -1.60.